The Balaban J connectivity index is 0.000000170. The standard InChI is InChI=1S/C60H45O3P3.C57H42N3O3P3/c61-64(52-25-7-1-8-26-52,53-27-9-2-10-28-53)58-37-19-22-46(43-58)49-40-50(47-23-20-38-59(44-47)65(62,54-29-11-3-12-30-54)55-31-13-4-14-32-55)42-51(41-49)48-24-21-39-60(45-48)66(63,56-33-15-5-16-34-56)57-35-17-6-18-36-57;61-64(46-25-7-1-8-26-46,47-27-9-2-10-28-47)52-37-19-22-43(40-52)55-58-56(44-23-20-38-53(41-44)65(62,48-29-11-3-12-30-48)49-31-13-4-14-32-49)60-57(59-55)45-24-21-39-54(42-45)66(63,50-33-15-5-16-34-50)51-35-17-6-18-36-51/h1-45H;1-42H. The van der Waals surface area contributed by atoms with Crippen molar-refractivity contribution in [2.45, 2.75) is 0 Å². The van der Waals surface area contributed by atoms with Crippen molar-refractivity contribution in [2.24, 2.45) is 0 Å². The summed E-state index contributed by atoms with van der Waals surface area (Å²) < 4.78 is 93.8. The van der Waals surface area contributed by atoms with Gasteiger partial charge in [0, 0.05) is 112 Å². The van der Waals surface area contributed by atoms with Gasteiger partial charge in [-0.15, -0.1) is 0 Å². The third-order valence-electron chi connectivity index (χ3n) is 24.0. The monoisotopic (exact) mass is 1820 g/mol. The fourth-order valence-electron chi connectivity index (χ4n) is 17.4. The largest absolute Gasteiger partial charge is 0.309 e. The summed E-state index contributed by atoms with van der Waals surface area (Å²) in [6.45, 7) is 0. The van der Waals surface area contributed by atoms with E-state index in [9.17, 15) is 0 Å². The lowest BCUT2D eigenvalue weighted by atomic mass is 9.93. The predicted octanol–water partition coefficient (Wildman–Crippen LogP) is 21.4. The highest BCUT2D eigenvalue weighted by Crippen LogP contribution is 2.50. The fraction of sp³-hybridized carbons (Fsp3) is 0. The van der Waals surface area contributed by atoms with Crippen molar-refractivity contribution >= 4 is 138 Å². The van der Waals surface area contributed by atoms with Crippen LogP contribution in [0.1, 0.15) is 0 Å². The van der Waals surface area contributed by atoms with Crippen molar-refractivity contribution in [3.63, 3.8) is 0 Å². The van der Waals surface area contributed by atoms with E-state index in [1.54, 1.807) is 0 Å². The average Bonchev–Trinajstić information content (AvgIpc) is 0.768. The zero-order valence-electron chi connectivity index (χ0n) is 71.7. The summed E-state index contributed by atoms with van der Waals surface area (Å²) in [5.74, 6) is 1.05. The maximum absolute atomic E-state index is 15.7. The van der Waals surface area contributed by atoms with E-state index in [1.165, 1.54) is 0 Å². The molecule has 0 N–H and O–H groups in total. The van der Waals surface area contributed by atoms with Crippen molar-refractivity contribution < 1.29 is 27.4 Å². The number of nitrogens with zero attached hydrogens (tertiary/aromatic N) is 3. The fourth-order valence-corrected chi connectivity index (χ4v) is 33.6. The molecule has 0 saturated heterocycles. The minimum atomic E-state index is -3.36. The summed E-state index contributed by atoms with van der Waals surface area (Å²) in [5, 5.41) is 12.9. The van der Waals surface area contributed by atoms with Gasteiger partial charge in [-0.05, 0) is 88.0 Å². The van der Waals surface area contributed by atoms with Gasteiger partial charge in [-0.25, -0.2) is 15.0 Å². The first-order chi connectivity index (χ1) is 64.7. The molecule has 20 rings (SSSR count). The number of aromatic nitrogens is 3. The van der Waals surface area contributed by atoms with Crippen LogP contribution in [0.5, 0.6) is 0 Å². The molecule has 0 unspecified atom stereocenters. The van der Waals surface area contributed by atoms with Crippen LogP contribution in [-0.4, -0.2) is 15.0 Å². The van der Waals surface area contributed by atoms with E-state index in [0.717, 1.165) is 81.1 Å². The van der Waals surface area contributed by atoms with Crippen LogP contribution in [-0.2, 0) is 27.4 Å². The quantitative estimate of drug-likeness (QED) is 0.0541. The van der Waals surface area contributed by atoms with Gasteiger partial charge in [0.05, 0.1) is 0 Å². The lowest BCUT2D eigenvalue weighted by Crippen LogP contribution is -2.25. The van der Waals surface area contributed by atoms with E-state index in [-0.39, 0.29) is 0 Å². The predicted molar refractivity (Wildman–Crippen MR) is 555 cm³/mol. The average molecular weight is 1820 g/mol. The molecule has 0 radical (unpaired) electrons. The molecule has 0 bridgehead atoms. The van der Waals surface area contributed by atoms with Gasteiger partial charge in [-0.1, -0.05) is 473 Å². The highest BCUT2D eigenvalue weighted by molar-refractivity contribution is 7.87. The molecule has 0 fully saturated rings. The molecule has 9 nitrogen and oxygen atoms in total. The summed E-state index contributed by atoms with van der Waals surface area (Å²) in [7, 11) is -20.0. The minimum absolute atomic E-state index is 0.351. The number of benzene rings is 19. The maximum Gasteiger partial charge on any atom is 0.171 e. The summed E-state index contributed by atoms with van der Waals surface area (Å²) in [5.41, 5.74) is 7.33. The second kappa shape index (κ2) is 38.3. The molecule has 1 aromatic heterocycles. The Bertz CT molecular complexity index is 6330. The minimum Gasteiger partial charge on any atom is -0.309 e. The van der Waals surface area contributed by atoms with Gasteiger partial charge in [0.25, 0.3) is 0 Å². The SMILES string of the molecule is O=P(c1ccccc1)(c1ccccc1)c1cccc(-c2cc(-c3cccc(P(=O)(c4ccccc4)c4ccccc4)c3)cc(-c3cccc(P(=O)(c4ccccc4)c4ccccc4)c3)c2)c1.O=P(c1ccccc1)(c1ccccc1)c1cccc(-c2nc(-c3cccc(P(=O)(c4ccccc4)c4ccccc4)c3)nc(-c3cccc(P(=O)(c4ccccc4)c4ccccc4)c3)n2)c1. The summed E-state index contributed by atoms with van der Waals surface area (Å²) in [6.07, 6.45) is 0. The van der Waals surface area contributed by atoms with E-state index >= 15 is 27.4 Å². The molecule has 132 heavy (non-hydrogen) atoms. The Morgan fingerprint density at radius 3 is 0.356 bits per heavy atom. The van der Waals surface area contributed by atoms with Crippen molar-refractivity contribution in [3.8, 4) is 67.5 Å². The van der Waals surface area contributed by atoms with Gasteiger partial charge in [0.15, 0.2) is 60.3 Å². The summed E-state index contributed by atoms with van der Waals surface area (Å²) >= 11 is 0. The molecule has 1 heterocycles. The summed E-state index contributed by atoms with van der Waals surface area (Å²) in [6, 6.07) is 169. The molecule has 0 aliphatic heterocycles. The zero-order valence-corrected chi connectivity index (χ0v) is 77.1. The van der Waals surface area contributed by atoms with Crippen molar-refractivity contribution in [1.29, 1.82) is 0 Å². The third-order valence-corrected chi connectivity index (χ3v) is 42.4. The van der Waals surface area contributed by atoms with Crippen LogP contribution in [0.4, 0.5) is 0 Å². The molecule has 0 saturated carbocycles. The Hall–Kier alpha value is -14.4. The number of hydrogen-bond donors (Lipinski definition) is 0. The van der Waals surface area contributed by atoms with E-state index in [2.05, 4.69) is 54.6 Å². The first-order valence-electron chi connectivity index (χ1n) is 43.6. The Labute approximate surface area is 770 Å². The van der Waals surface area contributed by atoms with Crippen LogP contribution in [0.3, 0.4) is 0 Å². The van der Waals surface area contributed by atoms with E-state index in [0.29, 0.717) is 81.9 Å². The smallest absolute Gasteiger partial charge is 0.171 e. The molecule has 19 aromatic carbocycles. The molecule has 0 aliphatic carbocycles. The van der Waals surface area contributed by atoms with Gasteiger partial charge < -0.3 is 27.4 Å². The van der Waals surface area contributed by atoms with E-state index < -0.39 is 42.9 Å². The third kappa shape index (κ3) is 17.1. The Morgan fingerprint density at radius 1 is 0.106 bits per heavy atom. The molecule has 0 aliphatic rings. The molecule has 0 spiro atoms. The van der Waals surface area contributed by atoms with Crippen LogP contribution in [0, 0.1) is 0 Å². The van der Waals surface area contributed by atoms with Crippen LogP contribution >= 0.6 is 42.9 Å². The first kappa shape index (κ1) is 86.9. The summed E-state index contributed by atoms with van der Waals surface area (Å²) in [4.78, 5) is 15.4. The second-order valence-corrected chi connectivity index (χ2v) is 48.7. The molecule has 15 heteroatoms. The van der Waals surface area contributed by atoms with E-state index in [4.69, 9.17) is 15.0 Å². The molecule has 20 aromatic rings. The van der Waals surface area contributed by atoms with Crippen LogP contribution in [0.25, 0.3) is 67.5 Å². The zero-order chi connectivity index (χ0) is 90.0. The lowest BCUT2D eigenvalue weighted by molar-refractivity contribution is 0.591. The molecule has 0 atom stereocenters. The number of rotatable bonds is 24. The molecule has 0 amide bonds. The normalized spacial score (nSPS) is 11.8. The first-order valence-corrected chi connectivity index (χ1v) is 53.8. The highest BCUT2D eigenvalue weighted by Gasteiger charge is 2.37. The van der Waals surface area contributed by atoms with Crippen LogP contribution in [0.2, 0.25) is 0 Å². The van der Waals surface area contributed by atoms with Crippen molar-refractivity contribution in [1.82, 2.24) is 15.0 Å². The van der Waals surface area contributed by atoms with Gasteiger partial charge in [0.1, 0.15) is 0 Å². The molecular weight excluding hydrogens is 1730 g/mol. The second-order valence-electron chi connectivity index (χ2n) is 32.1. The van der Waals surface area contributed by atoms with Gasteiger partial charge in [-0.2, -0.15) is 0 Å². The molecular formula is C117H87N3O6P6. The van der Waals surface area contributed by atoms with Gasteiger partial charge in [-0.3, -0.25) is 0 Å². The topological polar surface area (TPSA) is 141 Å². The van der Waals surface area contributed by atoms with E-state index in [1.807, 2.05) is 473 Å². The van der Waals surface area contributed by atoms with Gasteiger partial charge in [0.2, 0.25) is 0 Å². The Morgan fingerprint density at radius 2 is 0.220 bits per heavy atom. The van der Waals surface area contributed by atoms with Crippen LogP contribution < -0.4 is 95.5 Å². The van der Waals surface area contributed by atoms with Gasteiger partial charge >= 0.3 is 0 Å². The molecule has 636 valence electrons. The van der Waals surface area contributed by atoms with Crippen molar-refractivity contribution in [3.05, 3.63) is 528 Å². The number of hydrogen-bond acceptors (Lipinski definition) is 9. The maximum atomic E-state index is 15.7. The highest BCUT2D eigenvalue weighted by atomic mass is 31.2. The Kier molecular flexibility index (Phi) is 25.2. The lowest BCUT2D eigenvalue weighted by Gasteiger charge is -2.22. The van der Waals surface area contributed by atoms with Crippen LogP contribution in [0.15, 0.2) is 528 Å². The van der Waals surface area contributed by atoms with Crippen molar-refractivity contribution in [2.75, 3.05) is 0 Å².